The second-order valence-corrected chi connectivity index (χ2v) is 8.85. The molecule has 3 aliphatic rings. The highest BCUT2D eigenvalue weighted by molar-refractivity contribution is 8.00. The number of amides is 1. The topological polar surface area (TPSA) is 48.5 Å². The number of nitrogens with zero attached hydrogens (tertiary/aromatic N) is 3. The lowest BCUT2D eigenvalue weighted by atomic mass is 9.99. The van der Waals surface area contributed by atoms with E-state index in [0.717, 1.165) is 30.7 Å². The van der Waals surface area contributed by atoms with Crippen LogP contribution in [0.2, 0.25) is 0 Å². The van der Waals surface area contributed by atoms with Crippen molar-refractivity contribution < 1.29 is 4.79 Å². The fraction of sp³-hybridized carbons (Fsp3) is 0.684. The zero-order valence-corrected chi connectivity index (χ0v) is 16.0. The van der Waals surface area contributed by atoms with E-state index in [1.807, 2.05) is 18.3 Å². The Balaban J connectivity index is 1.33. The van der Waals surface area contributed by atoms with Gasteiger partial charge in [0, 0.05) is 37.5 Å². The number of anilines is 1. The molecule has 5 nitrogen and oxygen atoms in total. The van der Waals surface area contributed by atoms with E-state index in [4.69, 9.17) is 0 Å². The van der Waals surface area contributed by atoms with Gasteiger partial charge in [-0.1, -0.05) is 0 Å². The Labute approximate surface area is 154 Å². The summed E-state index contributed by atoms with van der Waals surface area (Å²) < 4.78 is 0.592. The number of nitrogens with one attached hydrogen (secondary N) is 1. The smallest absolute Gasteiger partial charge is 0.269 e. The van der Waals surface area contributed by atoms with E-state index in [-0.39, 0.29) is 5.91 Å². The maximum atomic E-state index is 11.6. The van der Waals surface area contributed by atoms with Crippen LogP contribution in [0.15, 0.2) is 18.3 Å². The predicted octanol–water partition coefficient (Wildman–Crippen LogP) is 2.24. The van der Waals surface area contributed by atoms with E-state index in [0.29, 0.717) is 10.4 Å². The molecule has 25 heavy (non-hydrogen) atoms. The Hall–Kier alpha value is -1.27. The monoisotopic (exact) mass is 360 g/mol. The summed E-state index contributed by atoms with van der Waals surface area (Å²) in [4.78, 5) is 21.1. The lowest BCUT2D eigenvalue weighted by Crippen LogP contribution is -2.49. The average Bonchev–Trinajstić information content (AvgIpc) is 3.42. The highest BCUT2D eigenvalue weighted by atomic mass is 32.2. The molecule has 0 bridgehead atoms. The minimum absolute atomic E-state index is 0.128. The second kappa shape index (κ2) is 6.80. The molecule has 3 heterocycles. The van der Waals surface area contributed by atoms with Crippen LogP contribution in [0.3, 0.4) is 0 Å². The first-order chi connectivity index (χ1) is 12.1. The molecule has 1 aliphatic carbocycles. The number of likely N-dealkylation sites (tertiary alicyclic amines) is 1. The molecule has 1 aromatic rings. The molecule has 6 heteroatoms. The van der Waals surface area contributed by atoms with Crippen LogP contribution in [-0.2, 0) is 0 Å². The zero-order valence-electron chi connectivity index (χ0n) is 15.2. The molecule has 1 amide bonds. The number of thioether (sulfide) groups is 1. The molecule has 2 unspecified atom stereocenters. The molecule has 136 valence electrons. The molecule has 3 fully saturated rings. The maximum absolute atomic E-state index is 11.6. The van der Waals surface area contributed by atoms with Gasteiger partial charge in [0.15, 0.2) is 0 Å². The van der Waals surface area contributed by atoms with Crippen molar-refractivity contribution in [3.63, 3.8) is 0 Å². The summed E-state index contributed by atoms with van der Waals surface area (Å²) in [5, 5.41) is 2.61. The largest absolute Gasteiger partial charge is 0.370 e. The van der Waals surface area contributed by atoms with Crippen molar-refractivity contribution in [3.05, 3.63) is 24.0 Å². The minimum atomic E-state index is -0.128. The second-order valence-electron chi connectivity index (χ2n) is 7.63. The minimum Gasteiger partial charge on any atom is -0.370 e. The summed E-state index contributed by atoms with van der Waals surface area (Å²) in [6, 6.07) is 4.58. The molecular weight excluding hydrogens is 332 g/mol. The zero-order chi connectivity index (χ0) is 17.4. The average molecular weight is 361 g/mol. The van der Waals surface area contributed by atoms with E-state index >= 15 is 0 Å². The standard InChI is InChI=1S/C19H28N4OS/c1-20-18(24)17-4-3-16(12-21-17)22-9-6-15(7-10-22)23-8-5-14-11-19(14,13-23)25-2/h3-4,12,14-15H,5-11,13H2,1-2H3,(H,20,24). The van der Waals surface area contributed by atoms with Gasteiger partial charge in [0.2, 0.25) is 0 Å². The number of pyridine rings is 1. The van der Waals surface area contributed by atoms with E-state index in [2.05, 4.69) is 38.1 Å². The van der Waals surface area contributed by atoms with Gasteiger partial charge in [-0.15, -0.1) is 0 Å². The van der Waals surface area contributed by atoms with E-state index in [1.165, 1.54) is 38.8 Å². The number of hydrogen-bond acceptors (Lipinski definition) is 5. The van der Waals surface area contributed by atoms with Crippen LogP contribution in [-0.4, -0.2) is 66.1 Å². The van der Waals surface area contributed by atoms with Gasteiger partial charge in [0.05, 0.1) is 11.9 Å². The van der Waals surface area contributed by atoms with Gasteiger partial charge in [-0.25, -0.2) is 4.98 Å². The van der Waals surface area contributed by atoms with E-state index in [9.17, 15) is 4.79 Å². The quantitative estimate of drug-likeness (QED) is 0.892. The van der Waals surface area contributed by atoms with Gasteiger partial charge < -0.3 is 10.2 Å². The summed E-state index contributed by atoms with van der Waals surface area (Å²) >= 11 is 2.10. The molecule has 4 rings (SSSR count). The third kappa shape index (κ3) is 3.26. The molecule has 1 aromatic heterocycles. The van der Waals surface area contributed by atoms with Crippen LogP contribution in [0.5, 0.6) is 0 Å². The van der Waals surface area contributed by atoms with Gasteiger partial charge in [0.1, 0.15) is 5.69 Å². The lowest BCUT2D eigenvalue weighted by molar-refractivity contribution is 0.0958. The Morgan fingerprint density at radius 1 is 1.28 bits per heavy atom. The third-order valence-corrected chi connectivity index (χ3v) is 7.81. The Bertz CT molecular complexity index is 629. The lowest BCUT2D eigenvalue weighted by Gasteiger charge is -2.42. The summed E-state index contributed by atoms with van der Waals surface area (Å²) in [6.07, 6.45) is 9.42. The highest BCUT2D eigenvalue weighted by Gasteiger charge is 2.56. The molecule has 0 radical (unpaired) electrons. The summed E-state index contributed by atoms with van der Waals surface area (Å²) in [7, 11) is 1.63. The van der Waals surface area contributed by atoms with Crippen LogP contribution in [0.4, 0.5) is 5.69 Å². The van der Waals surface area contributed by atoms with Gasteiger partial charge in [-0.3, -0.25) is 9.69 Å². The van der Waals surface area contributed by atoms with Crippen LogP contribution in [0.25, 0.3) is 0 Å². The number of piperidine rings is 2. The number of carbonyl (C=O) groups is 1. The van der Waals surface area contributed by atoms with Gasteiger partial charge in [-0.05, 0) is 56.5 Å². The summed E-state index contributed by atoms with van der Waals surface area (Å²) in [5.74, 6) is 0.861. The fourth-order valence-corrected chi connectivity index (χ4v) is 5.73. The third-order valence-electron chi connectivity index (χ3n) is 6.37. The fourth-order valence-electron chi connectivity index (χ4n) is 4.61. The predicted molar refractivity (Wildman–Crippen MR) is 103 cm³/mol. The van der Waals surface area contributed by atoms with Crippen LogP contribution >= 0.6 is 11.8 Å². The number of hydrogen-bond donors (Lipinski definition) is 1. The molecule has 1 N–H and O–H groups in total. The first kappa shape index (κ1) is 17.2. The van der Waals surface area contributed by atoms with Crippen molar-refractivity contribution in [2.24, 2.45) is 5.92 Å². The first-order valence-electron chi connectivity index (χ1n) is 9.37. The van der Waals surface area contributed by atoms with Gasteiger partial charge in [-0.2, -0.15) is 11.8 Å². The van der Waals surface area contributed by atoms with Crippen molar-refractivity contribution in [2.45, 2.75) is 36.5 Å². The molecule has 0 spiro atoms. The van der Waals surface area contributed by atoms with Crippen LogP contribution in [0.1, 0.15) is 36.2 Å². The van der Waals surface area contributed by atoms with Crippen molar-refractivity contribution in [1.82, 2.24) is 15.2 Å². The molecule has 1 saturated carbocycles. The number of carbonyl (C=O) groups excluding carboxylic acids is 1. The first-order valence-corrected chi connectivity index (χ1v) is 10.6. The molecular formula is C19H28N4OS. The number of rotatable bonds is 4. The van der Waals surface area contributed by atoms with Crippen molar-refractivity contribution >= 4 is 23.4 Å². The highest BCUT2D eigenvalue weighted by Crippen LogP contribution is 2.58. The molecule has 2 atom stereocenters. The van der Waals surface area contributed by atoms with E-state index in [1.54, 1.807) is 7.05 Å². The Kier molecular flexibility index (Phi) is 4.67. The molecule has 0 aromatic carbocycles. The maximum Gasteiger partial charge on any atom is 0.269 e. The van der Waals surface area contributed by atoms with Crippen LogP contribution in [0, 0.1) is 5.92 Å². The summed E-state index contributed by atoms with van der Waals surface area (Å²) in [5.41, 5.74) is 1.61. The van der Waals surface area contributed by atoms with Crippen LogP contribution < -0.4 is 10.2 Å². The van der Waals surface area contributed by atoms with Gasteiger partial charge in [0.25, 0.3) is 5.91 Å². The van der Waals surface area contributed by atoms with Crippen molar-refractivity contribution in [1.29, 1.82) is 0 Å². The molecule has 2 aliphatic heterocycles. The Morgan fingerprint density at radius 3 is 2.72 bits per heavy atom. The molecule has 2 saturated heterocycles. The van der Waals surface area contributed by atoms with Crippen molar-refractivity contribution in [2.75, 3.05) is 44.4 Å². The Morgan fingerprint density at radius 2 is 2.08 bits per heavy atom. The number of aromatic nitrogens is 1. The summed E-state index contributed by atoms with van der Waals surface area (Å²) in [6.45, 7) is 4.75. The number of fused-ring (bicyclic) bond motifs is 1. The van der Waals surface area contributed by atoms with E-state index < -0.39 is 0 Å². The SMILES string of the molecule is CNC(=O)c1ccc(N2CCC(N3CCC4CC4(SC)C3)CC2)cn1. The van der Waals surface area contributed by atoms with Crippen molar-refractivity contribution in [3.8, 4) is 0 Å². The van der Waals surface area contributed by atoms with Gasteiger partial charge >= 0.3 is 0 Å². The normalized spacial score (nSPS) is 30.0.